The number of rotatable bonds is 6. The summed E-state index contributed by atoms with van der Waals surface area (Å²) in [5.41, 5.74) is 12.0. The lowest BCUT2D eigenvalue weighted by Gasteiger charge is -2.12. The summed E-state index contributed by atoms with van der Waals surface area (Å²) < 4.78 is 0. The fourth-order valence-electron chi connectivity index (χ4n) is 1.40. The molecule has 4 heteroatoms. The van der Waals surface area contributed by atoms with Crippen LogP contribution >= 0.6 is 0 Å². The van der Waals surface area contributed by atoms with Crippen LogP contribution in [0.4, 0.5) is 0 Å². The van der Waals surface area contributed by atoms with E-state index in [0.717, 1.165) is 18.4 Å². The Labute approximate surface area is 96.0 Å². The molecule has 0 heterocycles. The summed E-state index contributed by atoms with van der Waals surface area (Å²) >= 11 is 0. The lowest BCUT2D eigenvalue weighted by Crippen LogP contribution is -2.34. The predicted molar refractivity (Wildman–Crippen MR) is 64.7 cm³/mol. The van der Waals surface area contributed by atoms with Gasteiger partial charge < -0.3 is 16.8 Å². The van der Waals surface area contributed by atoms with Crippen LogP contribution in [0.2, 0.25) is 0 Å². The predicted octanol–water partition coefficient (Wildman–Crippen LogP) is 0.542. The Hall–Kier alpha value is -1.39. The second kappa shape index (κ2) is 6.98. The van der Waals surface area contributed by atoms with Crippen LogP contribution in [0.5, 0.6) is 0 Å². The maximum absolute atomic E-state index is 11.6. The molecule has 0 aliphatic carbocycles. The number of hydrogen-bond acceptors (Lipinski definition) is 3. The number of nitrogens with one attached hydrogen (secondary N) is 1. The van der Waals surface area contributed by atoms with Crippen LogP contribution in [0.1, 0.15) is 24.4 Å². The van der Waals surface area contributed by atoms with Crippen molar-refractivity contribution in [3.8, 4) is 0 Å². The Balaban J connectivity index is 2.37. The lowest BCUT2D eigenvalue weighted by molar-refractivity contribution is -0.122. The molecule has 0 radical (unpaired) electrons. The molecular weight excluding hydrogens is 202 g/mol. The highest BCUT2D eigenvalue weighted by Gasteiger charge is 2.13. The summed E-state index contributed by atoms with van der Waals surface area (Å²) in [5, 5.41) is 2.80. The first kappa shape index (κ1) is 12.7. The van der Waals surface area contributed by atoms with Crippen molar-refractivity contribution in [2.24, 2.45) is 11.5 Å². The first-order chi connectivity index (χ1) is 7.75. The Morgan fingerprint density at radius 1 is 1.25 bits per heavy atom. The van der Waals surface area contributed by atoms with Gasteiger partial charge in [-0.2, -0.15) is 0 Å². The molecule has 0 aliphatic heterocycles. The van der Waals surface area contributed by atoms with Gasteiger partial charge in [0.05, 0.1) is 0 Å². The summed E-state index contributed by atoms with van der Waals surface area (Å²) in [6.45, 7) is 1.29. The van der Waals surface area contributed by atoms with E-state index in [1.165, 1.54) is 0 Å². The highest BCUT2D eigenvalue weighted by atomic mass is 16.2. The zero-order chi connectivity index (χ0) is 11.8. The zero-order valence-corrected chi connectivity index (χ0v) is 9.36. The summed E-state index contributed by atoms with van der Waals surface area (Å²) in [7, 11) is 0. The van der Waals surface area contributed by atoms with E-state index in [-0.39, 0.29) is 5.91 Å². The number of amides is 1. The van der Waals surface area contributed by atoms with Gasteiger partial charge in [-0.3, -0.25) is 4.79 Å². The van der Waals surface area contributed by atoms with Crippen molar-refractivity contribution < 1.29 is 4.79 Å². The van der Waals surface area contributed by atoms with Gasteiger partial charge in [0.1, 0.15) is 6.04 Å². The molecule has 0 aliphatic rings. The quantitative estimate of drug-likeness (QED) is 0.613. The Bertz CT molecular complexity index is 313. The molecule has 1 rings (SSSR count). The number of carbonyl (C=O) groups is 1. The average molecular weight is 221 g/mol. The SMILES string of the molecule is NCCCCNC(=O)[C@H](N)c1ccccc1. The van der Waals surface area contributed by atoms with Crippen LogP contribution in [-0.2, 0) is 4.79 Å². The van der Waals surface area contributed by atoms with E-state index in [1.54, 1.807) is 0 Å². The molecule has 88 valence electrons. The average Bonchev–Trinajstić information content (AvgIpc) is 2.34. The third-order valence-corrected chi connectivity index (χ3v) is 2.37. The Morgan fingerprint density at radius 3 is 2.56 bits per heavy atom. The van der Waals surface area contributed by atoms with Gasteiger partial charge in [0.25, 0.3) is 0 Å². The summed E-state index contributed by atoms with van der Waals surface area (Å²) in [5.74, 6) is -0.136. The molecule has 0 spiro atoms. The molecule has 0 fully saturated rings. The van der Waals surface area contributed by atoms with Gasteiger partial charge in [-0.1, -0.05) is 30.3 Å². The third kappa shape index (κ3) is 4.00. The normalized spacial score (nSPS) is 12.1. The van der Waals surface area contributed by atoms with Crippen molar-refractivity contribution in [3.05, 3.63) is 35.9 Å². The van der Waals surface area contributed by atoms with E-state index in [4.69, 9.17) is 11.5 Å². The van der Waals surface area contributed by atoms with Gasteiger partial charge in [-0.05, 0) is 24.9 Å². The van der Waals surface area contributed by atoms with Gasteiger partial charge in [0, 0.05) is 6.54 Å². The molecule has 1 atom stereocenters. The first-order valence-corrected chi connectivity index (χ1v) is 5.54. The molecule has 4 nitrogen and oxygen atoms in total. The number of unbranched alkanes of at least 4 members (excludes halogenated alkanes) is 1. The molecule has 1 aromatic rings. The van der Waals surface area contributed by atoms with Gasteiger partial charge in [-0.15, -0.1) is 0 Å². The fourth-order valence-corrected chi connectivity index (χ4v) is 1.40. The van der Waals surface area contributed by atoms with Crippen LogP contribution in [0, 0.1) is 0 Å². The highest BCUT2D eigenvalue weighted by molar-refractivity contribution is 5.82. The van der Waals surface area contributed by atoms with Crippen LogP contribution < -0.4 is 16.8 Å². The van der Waals surface area contributed by atoms with Crippen LogP contribution in [0.15, 0.2) is 30.3 Å². The monoisotopic (exact) mass is 221 g/mol. The van der Waals surface area contributed by atoms with E-state index in [1.807, 2.05) is 30.3 Å². The maximum Gasteiger partial charge on any atom is 0.241 e. The molecule has 16 heavy (non-hydrogen) atoms. The van der Waals surface area contributed by atoms with Crippen molar-refractivity contribution >= 4 is 5.91 Å². The smallest absolute Gasteiger partial charge is 0.241 e. The number of hydrogen-bond donors (Lipinski definition) is 3. The van der Waals surface area contributed by atoms with E-state index in [9.17, 15) is 4.79 Å². The van der Waals surface area contributed by atoms with Crippen LogP contribution in [-0.4, -0.2) is 19.0 Å². The molecule has 0 saturated carbocycles. The van der Waals surface area contributed by atoms with Crippen molar-refractivity contribution in [1.29, 1.82) is 0 Å². The largest absolute Gasteiger partial charge is 0.354 e. The highest BCUT2D eigenvalue weighted by Crippen LogP contribution is 2.08. The van der Waals surface area contributed by atoms with E-state index in [2.05, 4.69) is 5.32 Å². The molecular formula is C12H19N3O. The molecule has 0 saturated heterocycles. The van der Waals surface area contributed by atoms with Gasteiger partial charge in [-0.25, -0.2) is 0 Å². The van der Waals surface area contributed by atoms with Gasteiger partial charge in [0.2, 0.25) is 5.91 Å². The lowest BCUT2D eigenvalue weighted by atomic mass is 10.1. The Kier molecular flexibility index (Phi) is 5.53. The fraction of sp³-hybridized carbons (Fsp3) is 0.417. The van der Waals surface area contributed by atoms with Crippen molar-refractivity contribution in [2.75, 3.05) is 13.1 Å². The minimum atomic E-state index is -0.584. The first-order valence-electron chi connectivity index (χ1n) is 5.54. The zero-order valence-electron chi connectivity index (χ0n) is 9.36. The van der Waals surface area contributed by atoms with E-state index in [0.29, 0.717) is 13.1 Å². The van der Waals surface area contributed by atoms with Crippen molar-refractivity contribution in [3.63, 3.8) is 0 Å². The molecule has 0 unspecified atom stereocenters. The van der Waals surface area contributed by atoms with Crippen LogP contribution in [0.25, 0.3) is 0 Å². The molecule has 0 aromatic heterocycles. The minimum absolute atomic E-state index is 0.136. The summed E-state index contributed by atoms with van der Waals surface area (Å²) in [6.07, 6.45) is 1.81. The standard InChI is InChI=1S/C12H19N3O/c13-8-4-5-9-15-12(16)11(14)10-6-2-1-3-7-10/h1-3,6-7,11H,4-5,8-9,13-14H2,(H,15,16)/t11-/m1/s1. The van der Waals surface area contributed by atoms with Gasteiger partial charge >= 0.3 is 0 Å². The molecule has 0 bridgehead atoms. The number of benzene rings is 1. The topological polar surface area (TPSA) is 81.1 Å². The third-order valence-electron chi connectivity index (χ3n) is 2.37. The van der Waals surface area contributed by atoms with Crippen LogP contribution in [0.3, 0.4) is 0 Å². The number of nitrogens with two attached hydrogens (primary N) is 2. The van der Waals surface area contributed by atoms with E-state index >= 15 is 0 Å². The second-order valence-corrected chi connectivity index (χ2v) is 3.68. The minimum Gasteiger partial charge on any atom is -0.354 e. The molecule has 5 N–H and O–H groups in total. The van der Waals surface area contributed by atoms with E-state index < -0.39 is 6.04 Å². The maximum atomic E-state index is 11.6. The van der Waals surface area contributed by atoms with Crippen molar-refractivity contribution in [1.82, 2.24) is 5.32 Å². The van der Waals surface area contributed by atoms with Crippen molar-refractivity contribution in [2.45, 2.75) is 18.9 Å². The number of carbonyl (C=O) groups excluding carboxylic acids is 1. The second-order valence-electron chi connectivity index (χ2n) is 3.68. The molecule has 1 aromatic carbocycles. The molecule has 1 amide bonds. The summed E-state index contributed by atoms with van der Waals surface area (Å²) in [4.78, 5) is 11.6. The summed E-state index contributed by atoms with van der Waals surface area (Å²) in [6, 6.07) is 8.76. The van der Waals surface area contributed by atoms with Gasteiger partial charge in [0.15, 0.2) is 0 Å². The Morgan fingerprint density at radius 2 is 1.94 bits per heavy atom.